The third-order valence-electron chi connectivity index (χ3n) is 3.05. The summed E-state index contributed by atoms with van der Waals surface area (Å²) in [6, 6.07) is 8.09. The third kappa shape index (κ3) is 2.49. The van der Waals surface area contributed by atoms with Crippen LogP contribution >= 0.6 is 0 Å². The number of para-hydroxylation sites is 1. The van der Waals surface area contributed by atoms with Crippen LogP contribution in [0.25, 0.3) is 10.9 Å². The molecule has 3 aromatic rings. The van der Waals surface area contributed by atoms with E-state index in [0.29, 0.717) is 18.8 Å². The van der Waals surface area contributed by atoms with E-state index in [1.807, 2.05) is 24.4 Å². The number of hydrogen-bond acceptors (Lipinski definition) is 2. The van der Waals surface area contributed by atoms with Gasteiger partial charge < -0.3 is 9.97 Å². The molecule has 1 aromatic carbocycles. The summed E-state index contributed by atoms with van der Waals surface area (Å²) in [6.07, 6.45) is 6.38. The Labute approximate surface area is 110 Å². The number of fused-ring (bicyclic) bond motifs is 1. The van der Waals surface area contributed by atoms with Gasteiger partial charge in [0.25, 0.3) is 0 Å². The normalized spacial score (nSPS) is 10.7. The van der Waals surface area contributed by atoms with E-state index in [0.717, 1.165) is 11.1 Å². The molecule has 5 nitrogen and oxygen atoms in total. The van der Waals surface area contributed by atoms with Crippen LogP contribution in [0.15, 0.2) is 42.9 Å². The Hall–Kier alpha value is -2.56. The van der Waals surface area contributed by atoms with E-state index in [2.05, 4.69) is 26.3 Å². The third-order valence-corrected chi connectivity index (χ3v) is 3.05. The highest BCUT2D eigenvalue weighted by molar-refractivity contribution is 5.90. The summed E-state index contributed by atoms with van der Waals surface area (Å²) in [5.74, 6) is 0.448. The molecule has 3 rings (SSSR count). The predicted molar refractivity (Wildman–Crippen MR) is 73.8 cm³/mol. The highest BCUT2D eigenvalue weighted by Crippen LogP contribution is 2.19. The molecule has 0 atom stereocenters. The van der Waals surface area contributed by atoms with Crippen molar-refractivity contribution < 1.29 is 4.79 Å². The van der Waals surface area contributed by atoms with E-state index < -0.39 is 0 Å². The van der Waals surface area contributed by atoms with Crippen molar-refractivity contribution in [3.8, 4) is 0 Å². The SMILES string of the molecule is O=C(CCc1c[nH]c2ccccc12)Nc1ncc[nH]1. The van der Waals surface area contributed by atoms with Crippen LogP contribution in [0.1, 0.15) is 12.0 Å². The first kappa shape index (κ1) is 11.5. The highest BCUT2D eigenvalue weighted by atomic mass is 16.1. The van der Waals surface area contributed by atoms with Gasteiger partial charge in [-0.25, -0.2) is 4.98 Å². The highest BCUT2D eigenvalue weighted by Gasteiger charge is 2.07. The minimum absolute atomic E-state index is 0.0415. The van der Waals surface area contributed by atoms with Crippen molar-refractivity contribution in [3.63, 3.8) is 0 Å². The number of imidazole rings is 1. The summed E-state index contributed by atoms with van der Waals surface area (Å²) in [5, 5.41) is 3.89. The number of hydrogen-bond donors (Lipinski definition) is 3. The van der Waals surface area contributed by atoms with Crippen LogP contribution in [-0.4, -0.2) is 20.9 Å². The number of aromatic nitrogens is 3. The summed E-state index contributed by atoms with van der Waals surface area (Å²) >= 11 is 0. The van der Waals surface area contributed by atoms with E-state index in [1.165, 1.54) is 5.39 Å². The minimum Gasteiger partial charge on any atom is -0.361 e. The number of nitrogens with zero attached hydrogens (tertiary/aromatic N) is 1. The molecule has 0 fully saturated rings. The molecule has 0 saturated heterocycles. The minimum atomic E-state index is -0.0415. The number of rotatable bonds is 4. The van der Waals surface area contributed by atoms with Crippen molar-refractivity contribution in [2.24, 2.45) is 0 Å². The van der Waals surface area contributed by atoms with Gasteiger partial charge in [-0.3, -0.25) is 10.1 Å². The molecular formula is C14H14N4O. The molecule has 2 heterocycles. The molecular weight excluding hydrogens is 240 g/mol. The molecule has 0 unspecified atom stereocenters. The summed E-state index contributed by atoms with van der Waals surface area (Å²) < 4.78 is 0. The Morgan fingerprint density at radius 1 is 1.26 bits per heavy atom. The molecule has 1 amide bonds. The van der Waals surface area contributed by atoms with Crippen LogP contribution in [0.2, 0.25) is 0 Å². The monoisotopic (exact) mass is 254 g/mol. The summed E-state index contributed by atoms with van der Waals surface area (Å²) in [4.78, 5) is 21.8. The molecule has 2 aromatic heterocycles. The van der Waals surface area contributed by atoms with Gasteiger partial charge in [0.05, 0.1) is 0 Å². The van der Waals surface area contributed by atoms with Crippen LogP contribution in [0.4, 0.5) is 5.95 Å². The van der Waals surface area contributed by atoms with Gasteiger partial charge in [-0.05, 0) is 18.1 Å². The van der Waals surface area contributed by atoms with Gasteiger partial charge >= 0.3 is 0 Å². The van der Waals surface area contributed by atoms with Crippen LogP contribution < -0.4 is 5.32 Å². The van der Waals surface area contributed by atoms with E-state index in [1.54, 1.807) is 12.4 Å². The topological polar surface area (TPSA) is 73.6 Å². The van der Waals surface area contributed by atoms with Gasteiger partial charge in [0, 0.05) is 35.9 Å². The van der Waals surface area contributed by atoms with E-state index in [-0.39, 0.29) is 5.91 Å². The maximum absolute atomic E-state index is 11.8. The number of aryl methyl sites for hydroxylation is 1. The Kier molecular flexibility index (Phi) is 3.02. The summed E-state index contributed by atoms with van der Waals surface area (Å²) in [5.41, 5.74) is 2.26. The quantitative estimate of drug-likeness (QED) is 0.669. The number of anilines is 1. The van der Waals surface area contributed by atoms with Gasteiger partial charge in [-0.1, -0.05) is 18.2 Å². The molecule has 0 radical (unpaired) electrons. The van der Waals surface area contributed by atoms with Gasteiger partial charge in [0.1, 0.15) is 0 Å². The average Bonchev–Trinajstić information content (AvgIpc) is 3.05. The Morgan fingerprint density at radius 2 is 2.16 bits per heavy atom. The van der Waals surface area contributed by atoms with E-state index >= 15 is 0 Å². The second-order valence-corrected chi connectivity index (χ2v) is 4.35. The van der Waals surface area contributed by atoms with E-state index in [9.17, 15) is 4.79 Å². The lowest BCUT2D eigenvalue weighted by molar-refractivity contribution is -0.116. The molecule has 96 valence electrons. The van der Waals surface area contributed by atoms with Crippen molar-refractivity contribution in [2.45, 2.75) is 12.8 Å². The van der Waals surface area contributed by atoms with Crippen LogP contribution in [0, 0.1) is 0 Å². The maximum Gasteiger partial charge on any atom is 0.227 e. The first-order valence-corrected chi connectivity index (χ1v) is 6.17. The number of aromatic amines is 2. The lowest BCUT2D eigenvalue weighted by Crippen LogP contribution is -2.13. The first-order chi connectivity index (χ1) is 9.33. The molecule has 0 aliphatic rings. The fourth-order valence-electron chi connectivity index (χ4n) is 2.11. The Balaban J connectivity index is 1.64. The Morgan fingerprint density at radius 3 is 3.00 bits per heavy atom. The number of benzene rings is 1. The van der Waals surface area contributed by atoms with Gasteiger partial charge in [0.2, 0.25) is 11.9 Å². The standard InChI is InChI=1S/C14H14N4O/c19-13(18-14-15-7-8-16-14)6-5-10-9-17-12-4-2-1-3-11(10)12/h1-4,7-9,17H,5-6H2,(H2,15,16,18,19). The Bertz CT molecular complexity index is 684. The number of carbonyl (C=O) groups excluding carboxylic acids is 1. The van der Waals surface area contributed by atoms with Gasteiger partial charge in [-0.2, -0.15) is 0 Å². The molecule has 19 heavy (non-hydrogen) atoms. The summed E-state index contributed by atoms with van der Waals surface area (Å²) in [7, 11) is 0. The molecule has 3 N–H and O–H groups in total. The van der Waals surface area contributed by atoms with Crippen molar-refractivity contribution >= 4 is 22.8 Å². The number of carbonyl (C=O) groups is 1. The second kappa shape index (κ2) is 4.97. The number of H-pyrrole nitrogens is 2. The first-order valence-electron chi connectivity index (χ1n) is 6.17. The lowest BCUT2D eigenvalue weighted by atomic mass is 10.1. The zero-order chi connectivity index (χ0) is 13.1. The maximum atomic E-state index is 11.8. The molecule has 0 aliphatic heterocycles. The zero-order valence-electron chi connectivity index (χ0n) is 10.3. The number of amides is 1. The van der Waals surface area contributed by atoms with Crippen LogP contribution in [0.5, 0.6) is 0 Å². The fourth-order valence-corrected chi connectivity index (χ4v) is 2.11. The second-order valence-electron chi connectivity index (χ2n) is 4.35. The van der Waals surface area contributed by atoms with Crippen molar-refractivity contribution in [1.82, 2.24) is 15.0 Å². The zero-order valence-corrected chi connectivity index (χ0v) is 10.3. The van der Waals surface area contributed by atoms with Gasteiger partial charge in [0.15, 0.2) is 0 Å². The van der Waals surface area contributed by atoms with Crippen LogP contribution in [-0.2, 0) is 11.2 Å². The largest absolute Gasteiger partial charge is 0.361 e. The predicted octanol–water partition coefficient (Wildman–Crippen LogP) is 2.46. The molecule has 0 aliphatic carbocycles. The fraction of sp³-hybridized carbons (Fsp3) is 0.143. The smallest absolute Gasteiger partial charge is 0.227 e. The molecule has 5 heteroatoms. The summed E-state index contributed by atoms with van der Waals surface area (Å²) in [6.45, 7) is 0. The van der Waals surface area contributed by atoms with Crippen molar-refractivity contribution in [2.75, 3.05) is 5.32 Å². The molecule has 0 bridgehead atoms. The molecule has 0 saturated carbocycles. The number of nitrogens with one attached hydrogen (secondary N) is 3. The lowest BCUT2D eigenvalue weighted by Gasteiger charge is -2.01. The van der Waals surface area contributed by atoms with Crippen molar-refractivity contribution in [1.29, 1.82) is 0 Å². The van der Waals surface area contributed by atoms with E-state index in [4.69, 9.17) is 0 Å². The average molecular weight is 254 g/mol. The van der Waals surface area contributed by atoms with Crippen LogP contribution in [0.3, 0.4) is 0 Å². The van der Waals surface area contributed by atoms with Crippen molar-refractivity contribution in [3.05, 3.63) is 48.4 Å². The van der Waals surface area contributed by atoms with Gasteiger partial charge in [-0.15, -0.1) is 0 Å². The molecule has 0 spiro atoms.